The number of nitrogens with one attached hydrogen (secondary N) is 1. The summed E-state index contributed by atoms with van der Waals surface area (Å²) >= 11 is 0. The Balaban J connectivity index is 2.37. The highest BCUT2D eigenvalue weighted by Gasteiger charge is 2.10. The third-order valence-electron chi connectivity index (χ3n) is 2.92. The first kappa shape index (κ1) is 13.1. The van der Waals surface area contributed by atoms with E-state index < -0.39 is 0 Å². The third-order valence-corrected chi connectivity index (χ3v) is 2.92. The smallest absolute Gasteiger partial charge is 0.251 e. The van der Waals surface area contributed by atoms with Crippen LogP contribution in [0.15, 0.2) is 30.6 Å². The molecule has 0 aliphatic rings. The van der Waals surface area contributed by atoms with E-state index in [-0.39, 0.29) is 5.91 Å². The predicted molar refractivity (Wildman–Crippen MR) is 75.4 cm³/mol. The zero-order valence-electron chi connectivity index (χ0n) is 11.2. The highest BCUT2D eigenvalue weighted by Crippen LogP contribution is 2.20. The molecule has 0 saturated carbocycles. The molecule has 1 aromatic heterocycles. The molecule has 1 amide bonds. The summed E-state index contributed by atoms with van der Waals surface area (Å²) in [6.45, 7) is 4.52. The highest BCUT2D eigenvalue weighted by atomic mass is 16.1. The maximum absolute atomic E-state index is 11.7. The van der Waals surface area contributed by atoms with Crippen molar-refractivity contribution in [1.82, 2.24) is 14.9 Å². The number of aryl methyl sites for hydroxylation is 1. The van der Waals surface area contributed by atoms with Crippen LogP contribution in [0, 0.1) is 0 Å². The predicted octanol–water partition coefficient (Wildman–Crippen LogP) is 1.77. The number of nitrogens with two attached hydrogens (primary N) is 1. The summed E-state index contributed by atoms with van der Waals surface area (Å²) < 4.78 is 1.94. The van der Waals surface area contributed by atoms with Gasteiger partial charge in [0.25, 0.3) is 5.91 Å². The molecule has 0 aliphatic heterocycles. The van der Waals surface area contributed by atoms with Crippen molar-refractivity contribution in [3.8, 4) is 5.69 Å². The number of nitrogen functional groups attached to an aromatic ring is 1. The van der Waals surface area contributed by atoms with Crippen LogP contribution >= 0.6 is 0 Å². The van der Waals surface area contributed by atoms with Crippen LogP contribution in [-0.2, 0) is 6.42 Å². The fraction of sp³-hybridized carbons (Fsp3) is 0.286. The van der Waals surface area contributed by atoms with E-state index in [0.717, 1.165) is 17.9 Å². The van der Waals surface area contributed by atoms with E-state index in [0.29, 0.717) is 17.8 Å². The molecule has 0 radical (unpaired) electrons. The number of carbonyl (C=O) groups is 1. The van der Waals surface area contributed by atoms with Crippen molar-refractivity contribution >= 4 is 11.6 Å². The van der Waals surface area contributed by atoms with Gasteiger partial charge < -0.3 is 15.6 Å². The van der Waals surface area contributed by atoms with Gasteiger partial charge in [-0.2, -0.15) is 0 Å². The van der Waals surface area contributed by atoms with Gasteiger partial charge in [0.05, 0.1) is 11.4 Å². The molecule has 0 saturated heterocycles. The number of hydrogen-bond acceptors (Lipinski definition) is 3. The topological polar surface area (TPSA) is 72.9 Å². The van der Waals surface area contributed by atoms with Crippen LogP contribution in [0.3, 0.4) is 0 Å². The Hall–Kier alpha value is -2.30. The van der Waals surface area contributed by atoms with Gasteiger partial charge in [0.1, 0.15) is 5.82 Å². The molecule has 1 heterocycles. The van der Waals surface area contributed by atoms with Crippen LogP contribution in [0.2, 0.25) is 0 Å². The third kappa shape index (κ3) is 2.59. The molecule has 0 unspecified atom stereocenters. The molecule has 19 heavy (non-hydrogen) atoms. The van der Waals surface area contributed by atoms with Crippen molar-refractivity contribution in [1.29, 1.82) is 0 Å². The molecule has 5 nitrogen and oxygen atoms in total. The average molecular weight is 258 g/mol. The number of benzene rings is 1. The minimum atomic E-state index is -0.109. The lowest BCUT2D eigenvalue weighted by Crippen LogP contribution is -2.22. The minimum Gasteiger partial charge on any atom is -0.397 e. The highest BCUT2D eigenvalue weighted by molar-refractivity contribution is 5.95. The molecular weight excluding hydrogens is 240 g/mol. The number of carbonyl (C=O) groups excluding carboxylic acids is 1. The molecule has 0 atom stereocenters. The Morgan fingerprint density at radius 1 is 1.42 bits per heavy atom. The summed E-state index contributed by atoms with van der Waals surface area (Å²) in [7, 11) is 0. The summed E-state index contributed by atoms with van der Waals surface area (Å²) in [6.07, 6.45) is 4.44. The zero-order valence-corrected chi connectivity index (χ0v) is 11.2. The van der Waals surface area contributed by atoms with Crippen LogP contribution in [-0.4, -0.2) is 22.0 Å². The van der Waals surface area contributed by atoms with Crippen LogP contribution in [0.25, 0.3) is 5.69 Å². The fourth-order valence-corrected chi connectivity index (χ4v) is 1.99. The van der Waals surface area contributed by atoms with Gasteiger partial charge in [0.15, 0.2) is 0 Å². The summed E-state index contributed by atoms with van der Waals surface area (Å²) in [5, 5.41) is 2.75. The standard InChI is InChI=1S/C14H18N4O/c1-3-13-17-7-8-18(13)12-6-5-10(9-11(12)15)14(19)16-4-2/h5-9H,3-4,15H2,1-2H3,(H,16,19). The molecule has 5 heteroatoms. The fourth-order valence-electron chi connectivity index (χ4n) is 1.99. The van der Waals surface area contributed by atoms with Crippen molar-refractivity contribution in [2.75, 3.05) is 12.3 Å². The van der Waals surface area contributed by atoms with Crippen molar-refractivity contribution in [3.63, 3.8) is 0 Å². The van der Waals surface area contributed by atoms with Crippen molar-refractivity contribution < 1.29 is 4.79 Å². The monoisotopic (exact) mass is 258 g/mol. The van der Waals surface area contributed by atoms with Crippen LogP contribution < -0.4 is 11.1 Å². The molecule has 2 aromatic rings. The van der Waals surface area contributed by atoms with E-state index in [4.69, 9.17) is 5.73 Å². The first-order valence-corrected chi connectivity index (χ1v) is 6.37. The number of aromatic nitrogens is 2. The number of amides is 1. The second-order valence-electron chi connectivity index (χ2n) is 4.20. The molecule has 0 bridgehead atoms. The van der Waals surface area contributed by atoms with Crippen molar-refractivity contribution in [2.45, 2.75) is 20.3 Å². The Labute approximate surface area is 112 Å². The molecule has 100 valence electrons. The summed E-state index contributed by atoms with van der Waals surface area (Å²) in [4.78, 5) is 16.0. The van der Waals surface area contributed by atoms with Crippen LogP contribution in [0.4, 0.5) is 5.69 Å². The molecule has 1 aromatic carbocycles. The zero-order chi connectivity index (χ0) is 13.8. The lowest BCUT2D eigenvalue weighted by Gasteiger charge is -2.11. The lowest BCUT2D eigenvalue weighted by atomic mass is 10.1. The molecule has 3 N–H and O–H groups in total. The van der Waals surface area contributed by atoms with Gasteiger partial charge >= 0.3 is 0 Å². The van der Waals surface area contributed by atoms with Gasteiger partial charge in [0.2, 0.25) is 0 Å². The maximum Gasteiger partial charge on any atom is 0.251 e. The first-order valence-electron chi connectivity index (χ1n) is 6.37. The van der Waals surface area contributed by atoms with Crippen LogP contribution in [0.5, 0.6) is 0 Å². The maximum atomic E-state index is 11.7. The van der Waals surface area contributed by atoms with Gasteiger partial charge in [-0.1, -0.05) is 6.92 Å². The Bertz CT molecular complexity index is 589. The van der Waals surface area contributed by atoms with Gasteiger partial charge in [-0.25, -0.2) is 4.98 Å². The number of rotatable bonds is 4. The number of imidazole rings is 1. The summed E-state index contributed by atoms with van der Waals surface area (Å²) in [5.41, 5.74) is 8.03. The van der Waals surface area contributed by atoms with Gasteiger partial charge in [0, 0.05) is 30.9 Å². The molecule has 0 fully saturated rings. The number of anilines is 1. The Kier molecular flexibility index (Phi) is 3.85. The Morgan fingerprint density at radius 3 is 2.84 bits per heavy atom. The first-order chi connectivity index (χ1) is 9.17. The Morgan fingerprint density at radius 2 is 2.21 bits per heavy atom. The summed E-state index contributed by atoms with van der Waals surface area (Å²) in [5.74, 6) is 0.833. The molecule has 2 rings (SSSR count). The van der Waals surface area contributed by atoms with Crippen LogP contribution in [0.1, 0.15) is 30.0 Å². The van der Waals surface area contributed by atoms with E-state index in [1.54, 1.807) is 18.3 Å². The van der Waals surface area contributed by atoms with Crippen molar-refractivity contribution in [2.24, 2.45) is 0 Å². The van der Waals surface area contributed by atoms with E-state index in [1.165, 1.54) is 0 Å². The van der Waals surface area contributed by atoms with Gasteiger partial charge in [-0.05, 0) is 25.1 Å². The summed E-state index contributed by atoms with van der Waals surface area (Å²) in [6, 6.07) is 5.32. The molecule has 0 aliphatic carbocycles. The average Bonchev–Trinajstić information content (AvgIpc) is 2.87. The minimum absolute atomic E-state index is 0.109. The SMILES string of the molecule is CCNC(=O)c1ccc(-n2ccnc2CC)c(N)c1. The lowest BCUT2D eigenvalue weighted by molar-refractivity contribution is 0.0956. The van der Waals surface area contributed by atoms with E-state index >= 15 is 0 Å². The molecule has 0 spiro atoms. The second-order valence-corrected chi connectivity index (χ2v) is 4.20. The number of nitrogens with zero attached hydrogens (tertiary/aromatic N) is 2. The quantitative estimate of drug-likeness (QED) is 0.821. The van der Waals surface area contributed by atoms with E-state index in [9.17, 15) is 4.79 Å². The second kappa shape index (κ2) is 5.56. The van der Waals surface area contributed by atoms with Crippen molar-refractivity contribution in [3.05, 3.63) is 42.0 Å². The van der Waals surface area contributed by atoms with E-state index in [2.05, 4.69) is 10.3 Å². The number of hydrogen-bond donors (Lipinski definition) is 2. The van der Waals surface area contributed by atoms with Gasteiger partial charge in [-0.15, -0.1) is 0 Å². The van der Waals surface area contributed by atoms with E-state index in [1.807, 2.05) is 30.7 Å². The van der Waals surface area contributed by atoms with Gasteiger partial charge in [-0.3, -0.25) is 4.79 Å². The molecular formula is C14H18N4O. The largest absolute Gasteiger partial charge is 0.397 e. The normalized spacial score (nSPS) is 10.4.